The summed E-state index contributed by atoms with van der Waals surface area (Å²) in [6.07, 6.45) is 0. The Bertz CT molecular complexity index is 698. The van der Waals surface area contributed by atoms with Crippen LogP contribution in [-0.4, -0.2) is 19.8 Å². The Hall–Kier alpha value is -2.26. The number of hydrogen-bond acceptors (Lipinski definition) is 4. The summed E-state index contributed by atoms with van der Waals surface area (Å²) >= 11 is 3.38. The Morgan fingerprint density at radius 3 is 2.43 bits per heavy atom. The largest absolute Gasteiger partial charge is 0.490 e. The topological polar surface area (TPSA) is 51.5 Å². The number of nitrogens with zero attached hydrogens (tertiary/aromatic N) is 1. The summed E-state index contributed by atoms with van der Waals surface area (Å²) in [6.45, 7) is 2.89. The van der Waals surface area contributed by atoms with Crippen LogP contribution in [0.2, 0.25) is 0 Å². The van der Waals surface area contributed by atoms with Gasteiger partial charge in [0.1, 0.15) is 24.8 Å². The van der Waals surface area contributed by atoms with Gasteiger partial charge in [-0.25, -0.2) is 4.39 Å². The second-order valence-corrected chi connectivity index (χ2v) is 5.34. The van der Waals surface area contributed by atoms with E-state index in [0.29, 0.717) is 40.5 Å². The first kappa shape index (κ1) is 17.1. The minimum Gasteiger partial charge on any atom is -0.490 e. The van der Waals surface area contributed by atoms with Crippen LogP contribution in [0.25, 0.3) is 0 Å². The molecular weight excluding hydrogens is 365 g/mol. The molecule has 0 fully saturated rings. The number of benzene rings is 2. The molecule has 0 heterocycles. The third-order valence-corrected chi connectivity index (χ3v) is 3.44. The van der Waals surface area contributed by atoms with Crippen LogP contribution in [0.5, 0.6) is 17.2 Å². The Balaban J connectivity index is 1.97. The Kier molecular flexibility index (Phi) is 6.24. The van der Waals surface area contributed by atoms with Gasteiger partial charge in [0.15, 0.2) is 11.5 Å². The predicted octanol–water partition coefficient (Wildman–Crippen LogP) is 4.32. The Morgan fingerprint density at radius 1 is 1.09 bits per heavy atom. The van der Waals surface area contributed by atoms with E-state index in [1.165, 1.54) is 12.1 Å². The zero-order valence-corrected chi connectivity index (χ0v) is 14.1. The standard InChI is InChI=1S/C17H15BrFNO3/c1-2-21-16-10-12(11-20)9-15(18)17(16)23-8-7-22-14-5-3-13(19)4-6-14/h3-6,9-10H,2,7-8H2,1H3. The summed E-state index contributed by atoms with van der Waals surface area (Å²) in [5.74, 6) is 1.28. The van der Waals surface area contributed by atoms with Crippen LogP contribution in [0, 0.1) is 17.1 Å². The molecule has 0 aliphatic carbocycles. The van der Waals surface area contributed by atoms with Crippen molar-refractivity contribution in [3.05, 3.63) is 52.3 Å². The predicted molar refractivity (Wildman–Crippen MR) is 87.4 cm³/mol. The van der Waals surface area contributed by atoms with Gasteiger partial charge in [0, 0.05) is 6.07 Å². The van der Waals surface area contributed by atoms with Crippen LogP contribution in [0.3, 0.4) is 0 Å². The van der Waals surface area contributed by atoms with Crippen molar-refractivity contribution in [3.8, 4) is 23.3 Å². The first-order chi connectivity index (χ1) is 11.1. The van der Waals surface area contributed by atoms with Gasteiger partial charge < -0.3 is 14.2 Å². The van der Waals surface area contributed by atoms with E-state index in [1.54, 1.807) is 24.3 Å². The summed E-state index contributed by atoms with van der Waals surface area (Å²) in [4.78, 5) is 0. The van der Waals surface area contributed by atoms with Crippen molar-refractivity contribution in [1.82, 2.24) is 0 Å². The van der Waals surface area contributed by atoms with Crippen LogP contribution in [0.15, 0.2) is 40.9 Å². The third-order valence-electron chi connectivity index (χ3n) is 2.85. The highest BCUT2D eigenvalue weighted by atomic mass is 79.9. The zero-order valence-electron chi connectivity index (χ0n) is 12.5. The van der Waals surface area contributed by atoms with E-state index < -0.39 is 0 Å². The molecule has 0 amide bonds. The lowest BCUT2D eigenvalue weighted by molar-refractivity contribution is 0.207. The van der Waals surface area contributed by atoms with Gasteiger partial charge in [-0.3, -0.25) is 0 Å². The molecule has 0 aliphatic heterocycles. The molecule has 0 saturated heterocycles. The van der Waals surface area contributed by atoms with Crippen molar-refractivity contribution in [2.24, 2.45) is 0 Å². The van der Waals surface area contributed by atoms with E-state index in [4.69, 9.17) is 19.5 Å². The quantitative estimate of drug-likeness (QED) is 0.672. The van der Waals surface area contributed by atoms with Gasteiger partial charge in [0.25, 0.3) is 0 Å². The molecular formula is C17H15BrFNO3. The van der Waals surface area contributed by atoms with Gasteiger partial charge >= 0.3 is 0 Å². The van der Waals surface area contributed by atoms with Crippen molar-refractivity contribution >= 4 is 15.9 Å². The molecule has 0 unspecified atom stereocenters. The summed E-state index contributed by atoms with van der Waals surface area (Å²) in [5.41, 5.74) is 0.482. The summed E-state index contributed by atoms with van der Waals surface area (Å²) in [7, 11) is 0. The van der Waals surface area contributed by atoms with Crippen LogP contribution < -0.4 is 14.2 Å². The monoisotopic (exact) mass is 379 g/mol. The van der Waals surface area contributed by atoms with Gasteiger partial charge in [0.05, 0.1) is 22.7 Å². The van der Waals surface area contributed by atoms with E-state index in [2.05, 4.69) is 22.0 Å². The van der Waals surface area contributed by atoms with Gasteiger partial charge in [0.2, 0.25) is 0 Å². The lowest BCUT2D eigenvalue weighted by atomic mass is 10.2. The fourth-order valence-electron chi connectivity index (χ4n) is 1.87. The fraction of sp³-hybridized carbons (Fsp3) is 0.235. The molecule has 0 bridgehead atoms. The molecule has 0 aromatic heterocycles. The highest BCUT2D eigenvalue weighted by Gasteiger charge is 2.12. The highest BCUT2D eigenvalue weighted by Crippen LogP contribution is 2.36. The van der Waals surface area contributed by atoms with Crippen LogP contribution in [0.4, 0.5) is 4.39 Å². The highest BCUT2D eigenvalue weighted by molar-refractivity contribution is 9.10. The maximum absolute atomic E-state index is 12.8. The molecule has 23 heavy (non-hydrogen) atoms. The number of hydrogen-bond donors (Lipinski definition) is 0. The Labute approximate surface area is 142 Å². The van der Waals surface area contributed by atoms with Gasteiger partial charge in [-0.15, -0.1) is 0 Å². The van der Waals surface area contributed by atoms with Gasteiger partial charge in [-0.05, 0) is 53.2 Å². The molecule has 0 aliphatic rings. The van der Waals surface area contributed by atoms with E-state index in [9.17, 15) is 4.39 Å². The molecule has 120 valence electrons. The molecule has 0 spiro atoms. The smallest absolute Gasteiger partial charge is 0.175 e. The molecule has 2 aromatic carbocycles. The van der Waals surface area contributed by atoms with Gasteiger partial charge in [-0.1, -0.05) is 0 Å². The van der Waals surface area contributed by atoms with Crippen LogP contribution in [-0.2, 0) is 0 Å². The summed E-state index contributed by atoms with van der Waals surface area (Å²) < 4.78 is 30.1. The van der Waals surface area contributed by atoms with E-state index in [1.807, 2.05) is 6.92 Å². The average molecular weight is 380 g/mol. The van der Waals surface area contributed by atoms with E-state index >= 15 is 0 Å². The first-order valence-electron chi connectivity index (χ1n) is 7.01. The maximum Gasteiger partial charge on any atom is 0.175 e. The molecule has 0 saturated carbocycles. The second-order valence-electron chi connectivity index (χ2n) is 4.48. The molecule has 6 heteroatoms. The third kappa shape index (κ3) is 4.86. The first-order valence-corrected chi connectivity index (χ1v) is 7.81. The van der Waals surface area contributed by atoms with Crippen molar-refractivity contribution < 1.29 is 18.6 Å². The lowest BCUT2D eigenvalue weighted by Crippen LogP contribution is -2.10. The lowest BCUT2D eigenvalue weighted by Gasteiger charge is -2.14. The molecule has 4 nitrogen and oxygen atoms in total. The SMILES string of the molecule is CCOc1cc(C#N)cc(Br)c1OCCOc1ccc(F)cc1. The van der Waals surface area contributed by atoms with Crippen molar-refractivity contribution in [3.63, 3.8) is 0 Å². The zero-order chi connectivity index (χ0) is 16.7. The summed E-state index contributed by atoms with van der Waals surface area (Å²) in [5, 5.41) is 8.99. The summed E-state index contributed by atoms with van der Waals surface area (Å²) in [6, 6.07) is 11.1. The Morgan fingerprint density at radius 2 is 1.78 bits per heavy atom. The van der Waals surface area contributed by atoms with Gasteiger partial charge in [-0.2, -0.15) is 5.26 Å². The van der Waals surface area contributed by atoms with E-state index in [0.717, 1.165) is 0 Å². The molecule has 0 radical (unpaired) electrons. The molecule has 2 aromatic rings. The minimum absolute atomic E-state index is 0.280. The van der Waals surface area contributed by atoms with Crippen LogP contribution in [0.1, 0.15) is 12.5 Å². The molecule has 0 atom stereocenters. The van der Waals surface area contributed by atoms with Crippen molar-refractivity contribution in [1.29, 1.82) is 5.26 Å². The van der Waals surface area contributed by atoms with Crippen molar-refractivity contribution in [2.75, 3.05) is 19.8 Å². The number of nitriles is 1. The molecule has 0 N–H and O–H groups in total. The number of halogens is 2. The molecule has 2 rings (SSSR count). The maximum atomic E-state index is 12.8. The minimum atomic E-state index is -0.309. The van der Waals surface area contributed by atoms with E-state index in [-0.39, 0.29) is 12.4 Å². The number of rotatable bonds is 7. The normalized spacial score (nSPS) is 10.0. The number of ether oxygens (including phenoxy) is 3. The van der Waals surface area contributed by atoms with Crippen molar-refractivity contribution in [2.45, 2.75) is 6.92 Å². The average Bonchev–Trinajstić information content (AvgIpc) is 2.55. The second kappa shape index (κ2) is 8.39. The van der Waals surface area contributed by atoms with Crippen LogP contribution >= 0.6 is 15.9 Å². The fourth-order valence-corrected chi connectivity index (χ4v) is 2.43.